The van der Waals surface area contributed by atoms with Crippen LogP contribution < -0.4 is 0 Å². The molecule has 2 aliphatic heterocycles. The van der Waals surface area contributed by atoms with Gasteiger partial charge in [-0.25, -0.2) is 14.4 Å². The summed E-state index contributed by atoms with van der Waals surface area (Å²) in [5, 5.41) is 27.0. The van der Waals surface area contributed by atoms with E-state index in [1.807, 2.05) is 6.92 Å². The SMILES string of the molecule is CC(=O)O[C@@H]1C2=C(C)[C@@H](OC(=O)[C@@H]3OC(C)(C)N(C(=O)OC(C)(C)C)[C@H]3c3ccccc3)C[C@@](O)(C(OC(=O)c3ccccc3)C3[C@@](C)([C@@H](C)C[C@H]4OC[C@@]34OC(C)=O)[C@H]1O)C2(C)C. The Morgan fingerprint density at radius 2 is 1.47 bits per heavy atom. The van der Waals surface area contributed by atoms with E-state index >= 15 is 0 Å². The third kappa shape index (κ3) is 7.59. The molecular formula is C49H63NO14. The third-order valence-electron chi connectivity index (χ3n) is 14.7. The Morgan fingerprint density at radius 1 is 0.859 bits per heavy atom. The number of rotatable bonds is 7. The van der Waals surface area contributed by atoms with E-state index in [1.54, 1.807) is 123 Å². The van der Waals surface area contributed by atoms with Crippen LogP contribution in [-0.2, 0) is 47.5 Å². The van der Waals surface area contributed by atoms with Crippen molar-refractivity contribution in [1.29, 1.82) is 0 Å². The number of benzene rings is 2. The Labute approximate surface area is 374 Å². The van der Waals surface area contributed by atoms with E-state index in [0.717, 1.165) is 0 Å². The van der Waals surface area contributed by atoms with Crippen molar-refractivity contribution in [3.05, 3.63) is 82.9 Å². The fourth-order valence-corrected chi connectivity index (χ4v) is 11.5. The summed E-state index contributed by atoms with van der Waals surface area (Å²) in [7, 11) is 0. The Morgan fingerprint density at radius 3 is 2.02 bits per heavy atom. The molecule has 2 heterocycles. The van der Waals surface area contributed by atoms with Crippen molar-refractivity contribution in [2.75, 3.05) is 6.61 Å². The lowest BCUT2D eigenvalue weighted by molar-refractivity contribution is -0.358. The summed E-state index contributed by atoms with van der Waals surface area (Å²) in [6, 6.07) is 16.1. The molecular weight excluding hydrogens is 827 g/mol. The monoisotopic (exact) mass is 889 g/mol. The Kier molecular flexibility index (Phi) is 12.0. The lowest BCUT2D eigenvalue weighted by Crippen LogP contribution is -2.81. The van der Waals surface area contributed by atoms with Gasteiger partial charge in [-0.1, -0.05) is 76.2 Å². The first-order chi connectivity index (χ1) is 29.7. The molecule has 1 amide bonds. The molecule has 15 nitrogen and oxygen atoms in total. The van der Waals surface area contributed by atoms with Crippen molar-refractivity contribution in [3.8, 4) is 0 Å². The summed E-state index contributed by atoms with van der Waals surface area (Å²) in [4.78, 5) is 71.1. The van der Waals surface area contributed by atoms with E-state index in [-0.39, 0.29) is 24.2 Å². The Balaban J connectivity index is 1.42. The van der Waals surface area contributed by atoms with E-state index in [2.05, 4.69) is 0 Å². The number of carbonyl (C=O) groups is 5. The molecule has 64 heavy (non-hydrogen) atoms. The highest BCUT2D eigenvalue weighted by molar-refractivity contribution is 5.89. The molecule has 2 N–H and O–H groups in total. The second-order valence-corrected chi connectivity index (χ2v) is 20.5. The van der Waals surface area contributed by atoms with Crippen LogP contribution in [0.3, 0.4) is 0 Å². The normalized spacial score (nSPS) is 36.2. The van der Waals surface area contributed by atoms with Gasteiger partial charge in [-0.15, -0.1) is 0 Å². The van der Waals surface area contributed by atoms with Crippen LogP contribution in [-0.4, -0.2) is 111 Å². The molecule has 15 heteroatoms. The lowest BCUT2D eigenvalue weighted by atomic mass is 9.43. The number of fused-ring (bicyclic) bond motifs is 5. The zero-order valence-corrected chi connectivity index (χ0v) is 38.8. The molecule has 7 rings (SSSR count). The third-order valence-corrected chi connectivity index (χ3v) is 14.7. The predicted octanol–water partition coefficient (Wildman–Crippen LogP) is 6.38. The maximum atomic E-state index is 15.0. The second-order valence-electron chi connectivity index (χ2n) is 20.5. The summed E-state index contributed by atoms with van der Waals surface area (Å²) in [5.74, 6) is -4.71. The largest absolute Gasteiger partial charge is 0.456 e. The average Bonchev–Trinajstić information content (AvgIpc) is 3.49. The minimum Gasteiger partial charge on any atom is -0.456 e. The number of hydrogen-bond donors (Lipinski definition) is 2. The Hall–Kier alpha value is -4.83. The van der Waals surface area contributed by atoms with E-state index < -0.39 is 118 Å². The van der Waals surface area contributed by atoms with E-state index in [1.165, 1.54) is 18.7 Å². The average molecular weight is 890 g/mol. The number of hydrogen-bond acceptors (Lipinski definition) is 14. The fourth-order valence-electron chi connectivity index (χ4n) is 11.5. The zero-order chi connectivity index (χ0) is 47.1. The van der Waals surface area contributed by atoms with Gasteiger partial charge in [-0.3, -0.25) is 14.5 Å². The summed E-state index contributed by atoms with van der Waals surface area (Å²) >= 11 is 0. The highest BCUT2D eigenvalue weighted by Crippen LogP contribution is 2.66. The van der Waals surface area contributed by atoms with Gasteiger partial charge in [0.05, 0.1) is 18.1 Å². The molecule has 0 spiro atoms. The highest BCUT2D eigenvalue weighted by Gasteiger charge is 2.77. The van der Waals surface area contributed by atoms with E-state index in [4.69, 9.17) is 33.2 Å². The van der Waals surface area contributed by atoms with Crippen LogP contribution in [0.1, 0.15) is 118 Å². The first-order valence-corrected chi connectivity index (χ1v) is 22.0. The standard InChI is InChI=1S/C49H63NO14/c1-26-23-33-48(25-58-33,62-29(4)52)38-40(61-41(54)31-21-17-14-18-22-31)49(57)24-32(27(2)34(45(49,8)9)36(59-28(3)51)39(53)47(26,38)12)60-42(55)37-35(30-19-15-13-16-20-30)50(46(10,11)63-37)43(56)64-44(5,6)7/h13-22,26,32-33,35-40,53,57H,23-25H2,1-12H3/t26-,32-,33+,35-,36+,37+,38?,39-,40?,47+,48-,49+/m0/s1. The van der Waals surface area contributed by atoms with Crippen LogP contribution in [0.2, 0.25) is 0 Å². The minimum absolute atomic E-state index is 0.144. The van der Waals surface area contributed by atoms with Gasteiger partial charge in [-0.2, -0.15) is 0 Å². The van der Waals surface area contributed by atoms with Crippen molar-refractivity contribution in [1.82, 2.24) is 4.90 Å². The molecule has 0 aromatic heterocycles. The van der Waals surface area contributed by atoms with Crippen molar-refractivity contribution in [2.45, 2.75) is 161 Å². The molecule has 2 bridgehead atoms. The number of carbonyl (C=O) groups excluding carboxylic acids is 5. The number of nitrogens with zero attached hydrogens (tertiary/aromatic N) is 1. The predicted molar refractivity (Wildman–Crippen MR) is 229 cm³/mol. The van der Waals surface area contributed by atoms with Gasteiger partial charge in [0.1, 0.15) is 47.4 Å². The number of ether oxygens (including phenoxy) is 7. The molecule has 5 aliphatic rings. The van der Waals surface area contributed by atoms with Crippen molar-refractivity contribution in [3.63, 3.8) is 0 Å². The van der Waals surface area contributed by atoms with Crippen molar-refractivity contribution < 1.29 is 67.3 Å². The van der Waals surface area contributed by atoms with E-state index in [0.29, 0.717) is 17.6 Å². The van der Waals surface area contributed by atoms with Gasteiger partial charge in [-0.05, 0) is 82.7 Å². The van der Waals surface area contributed by atoms with Gasteiger partial charge < -0.3 is 43.4 Å². The fraction of sp³-hybridized carbons (Fsp3) is 0.612. The van der Waals surface area contributed by atoms with Gasteiger partial charge in [0.25, 0.3) is 0 Å². The first-order valence-electron chi connectivity index (χ1n) is 22.0. The summed E-state index contributed by atoms with van der Waals surface area (Å²) in [6.45, 7) is 19.6. The molecule has 2 aromatic carbocycles. The maximum Gasteiger partial charge on any atom is 0.413 e. The zero-order valence-electron chi connectivity index (χ0n) is 38.8. The second kappa shape index (κ2) is 16.2. The van der Waals surface area contributed by atoms with Gasteiger partial charge in [0.15, 0.2) is 17.8 Å². The van der Waals surface area contributed by atoms with Gasteiger partial charge in [0, 0.05) is 31.1 Å². The van der Waals surface area contributed by atoms with Gasteiger partial charge in [0.2, 0.25) is 0 Å². The number of esters is 4. The van der Waals surface area contributed by atoms with Crippen molar-refractivity contribution in [2.24, 2.45) is 22.7 Å². The molecule has 2 aromatic rings. The molecule has 2 unspecified atom stereocenters. The van der Waals surface area contributed by atoms with Crippen molar-refractivity contribution >= 4 is 30.0 Å². The molecule has 2 saturated carbocycles. The van der Waals surface area contributed by atoms with Crippen LogP contribution in [0.25, 0.3) is 0 Å². The molecule has 2 saturated heterocycles. The first kappa shape index (κ1) is 47.1. The highest BCUT2D eigenvalue weighted by atomic mass is 16.6. The van der Waals surface area contributed by atoms with E-state index in [9.17, 15) is 34.2 Å². The number of aliphatic hydroxyl groups excluding tert-OH is 1. The lowest BCUT2D eigenvalue weighted by Gasteiger charge is -2.69. The van der Waals surface area contributed by atoms with Crippen LogP contribution in [0.15, 0.2) is 71.8 Å². The Bertz CT molecular complexity index is 2200. The molecule has 12 atom stereocenters. The molecule has 348 valence electrons. The summed E-state index contributed by atoms with van der Waals surface area (Å²) in [6.07, 6.45) is -8.80. The minimum atomic E-state index is -2.21. The summed E-state index contributed by atoms with van der Waals surface area (Å²) < 4.78 is 43.8. The molecule has 3 aliphatic carbocycles. The number of amides is 1. The smallest absolute Gasteiger partial charge is 0.413 e. The van der Waals surface area contributed by atoms with Crippen LogP contribution in [0, 0.1) is 22.7 Å². The molecule has 4 fully saturated rings. The van der Waals surface area contributed by atoms with Gasteiger partial charge >= 0.3 is 30.0 Å². The topological polar surface area (TPSA) is 194 Å². The quantitative estimate of drug-likeness (QED) is 0.177. The van der Waals surface area contributed by atoms with Crippen LogP contribution in [0.5, 0.6) is 0 Å². The van der Waals surface area contributed by atoms with Crippen LogP contribution >= 0.6 is 0 Å². The molecule has 0 radical (unpaired) electrons. The summed E-state index contributed by atoms with van der Waals surface area (Å²) in [5.41, 5.74) is -7.53. The maximum absolute atomic E-state index is 15.0. The number of aliphatic hydroxyl groups is 2. The van der Waals surface area contributed by atoms with Crippen LogP contribution in [0.4, 0.5) is 4.79 Å².